The first-order valence-corrected chi connectivity index (χ1v) is 5.83. The number of thiazole rings is 1. The zero-order chi connectivity index (χ0) is 11.7. The van der Waals surface area contributed by atoms with E-state index in [1.54, 1.807) is 19.1 Å². The van der Waals surface area contributed by atoms with Crippen LogP contribution in [-0.2, 0) is 4.79 Å². The van der Waals surface area contributed by atoms with Crippen LogP contribution in [0.3, 0.4) is 0 Å². The van der Waals surface area contributed by atoms with Crippen molar-refractivity contribution in [1.82, 2.24) is 4.98 Å². The smallest absolute Gasteiger partial charge is 0.243 e. The minimum atomic E-state index is -0.642. The largest absolute Gasteiger partial charge is 0.301 e. The topological polar surface area (TPSA) is 42.0 Å². The molecule has 1 heterocycles. The van der Waals surface area contributed by atoms with Crippen molar-refractivity contribution < 1.29 is 9.18 Å². The van der Waals surface area contributed by atoms with Crippen molar-refractivity contribution in [3.63, 3.8) is 0 Å². The number of anilines is 1. The van der Waals surface area contributed by atoms with Crippen LogP contribution in [0.1, 0.15) is 6.92 Å². The lowest BCUT2D eigenvalue weighted by Crippen LogP contribution is -2.20. The van der Waals surface area contributed by atoms with E-state index in [0.717, 1.165) is 0 Å². The Balaban J connectivity index is 2.33. The summed E-state index contributed by atoms with van der Waals surface area (Å²) in [5.74, 6) is -0.741. The predicted molar refractivity (Wildman–Crippen MR) is 63.5 cm³/mol. The monoisotopic (exact) mass is 258 g/mol. The molecule has 0 spiro atoms. The van der Waals surface area contributed by atoms with Gasteiger partial charge in [-0.25, -0.2) is 9.37 Å². The van der Waals surface area contributed by atoms with E-state index < -0.39 is 11.2 Å². The zero-order valence-corrected chi connectivity index (χ0v) is 9.90. The third-order valence-corrected chi connectivity index (χ3v) is 3.10. The molecule has 0 saturated heterocycles. The Labute approximate surface area is 100 Å². The number of aromatic nitrogens is 1. The molecule has 0 aliphatic heterocycles. The second-order valence-corrected chi connectivity index (χ2v) is 4.90. The highest BCUT2D eigenvalue weighted by atomic mass is 35.5. The van der Waals surface area contributed by atoms with Crippen molar-refractivity contribution in [2.75, 3.05) is 5.32 Å². The lowest BCUT2D eigenvalue weighted by atomic mass is 10.3. The molecule has 0 fully saturated rings. The van der Waals surface area contributed by atoms with E-state index in [9.17, 15) is 9.18 Å². The Kier molecular flexibility index (Phi) is 3.07. The molecular weight excluding hydrogens is 251 g/mol. The van der Waals surface area contributed by atoms with Crippen molar-refractivity contribution in [2.45, 2.75) is 12.3 Å². The van der Waals surface area contributed by atoms with Crippen molar-refractivity contribution in [2.24, 2.45) is 0 Å². The fraction of sp³-hybridized carbons (Fsp3) is 0.200. The van der Waals surface area contributed by atoms with Crippen molar-refractivity contribution in [3.05, 3.63) is 24.0 Å². The fourth-order valence-electron chi connectivity index (χ4n) is 1.17. The number of benzene rings is 1. The number of alkyl halides is 1. The quantitative estimate of drug-likeness (QED) is 0.842. The summed E-state index contributed by atoms with van der Waals surface area (Å²) >= 11 is 6.81. The zero-order valence-electron chi connectivity index (χ0n) is 8.33. The standard InChI is InChI=1S/C10H8ClFN2OS/c1-5(11)9(15)14-10-13-8-6(12)3-2-4-7(8)16-10/h2-5H,1H3,(H,13,14,15)/t5-/m1/s1. The van der Waals surface area contributed by atoms with Crippen LogP contribution in [0.15, 0.2) is 18.2 Å². The van der Waals surface area contributed by atoms with E-state index >= 15 is 0 Å². The third kappa shape index (κ3) is 2.15. The summed E-state index contributed by atoms with van der Waals surface area (Å²) in [5.41, 5.74) is 0.269. The molecule has 0 aliphatic carbocycles. The Hall–Kier alpha value is -1.20. The van der Waals surface area contributed by atoms with Gasteiger partial charge in [0.25, 0.3) is 0 Å². The van der Waals surface area contributed by atoms with Crippen LogP contribution in [0.4, 0.5) is 9.52 Å². The number of nitrogens with zero attached hydrogens (tertiary/aromatic N) is 1. The minimum Gasteiger partial charge on any atom is -0.301 e. The molecule has 1 atom stereocenters. The summed E-state index contributed by atoms with van der Waals surface area (Å²) in [7, 11) is 0. The summed E-state index contributed by atoms with van der Waals surface area (Å²) < 4.78 is 14.0. The number of carbonyl (C=O) groups excluding carboxylic acids is 1. The number of rotatable bonds is 2. The molecule has 1 N–H and O–H groups in total. The molecule has 0 aliphatic rings. The molecule has 1 amide bonds. The maximum Gasteiger partial charge on any atom is 0.243 e. The Bertz CT molecular complexity index is 541. The molecule has 84 valence electrons. The second-order valence-electron chi connectivity index (χ2n) is 3.21. The van der Waals surface area contributed by atoms with E-state index in [1.165, 1.54) is 17.4 Å². The van der Waals surface area contributed by atoms with Gasteiger partial charge in [-0.1, -0.05) is 17.4 Å². The van der Waals surface area contributed by atoms with Gasteiger partial charge >= 0.3 is 0 Å². The van der Waals surface area contributed by atoms with Crippen LogP contribution < -0.4 is 5.32 Å². The number of amides is 1. The Morgan fingerprint density at radius 1 is 1.62 bits per heavy atom. The van der Waals surface area contributed by atoms with Gasteiger partial charge < -0.3 is 5.32 Å². The molecule has 0 bridgehead atoms. The van der Waals surface area contributed by atoms with E-state index in [1.807, 2.05) is 0 Å². The summed E-state index contributed by atoms with van der Waals surface area (Å²) in [6.07, 6.45) is 0. The molecule has 0 radical (unpaired) electrons. The third-order valence-electron chi connectivity index (χ3n) is 1.96. The van der Waals surface area contributed by atoms with Crippen molar-refractivity contribution in [3.8, 4) is 0 Å². The molecule has 0 saturated carbocycles. The molecule has 6 heteroatoms. The van der Waals surface area contributed by atoms with Gasteiger partial charge in [0.15, 0.2) is 5.13 Å². The average Bonchev–Trinajstić information content (AvgIpc) is 2.61. The van der Waals surface area contributed by atoms with Gasteiger partial charge in [0.2, 0.25) is 5.91 Å². The fourth-order valence-corrected chi connectivity index (χ4v) is 2.11. The Morgan fingerprint density at radius 2 is 2.38 bits per heavy atom. The first-order chi connectivity index (χ1) is 7.58. The number of halogens is 2. The second kappa shape index (κ2) is 4.35. The van der Waals surface area contributed by atoms with Crippen molar-refractivity contribution in [1.29, 1.82) is 0 Å². The molecule has 1 aromatic heterocycles. The van der Waals surface area contributed by atoms with Gasteiger partial charge in [-0.05, 0) is 19.1 Å². The van der Waals surface area contributed by atoms with Crippen molar-refractivity contribution >= 4 is 44.2 Å². The van der Waals surface area contributed by atoms with Crippen LogP contribution >= 0.6 is 22.9 Å². The molecule has 0 unspecified atom stereocenters. The highest BCUT2D eigenvalue weighted by molar-refractivity contribution is 7.22. The van der Waals surface area contributed by atoms with Gasteiger partial charge in [-0.2, -0.15) is 0 Å². The lowest BCUT2D eigenvalue weighted by Gasteiger charge is -2.01. The first-order valence-electron chi connectivity index (χ1n) is 4.58. The maximum absolute atomic E-state index is 13.3. The Morgan fingerprint density at radius 3 is 3.00 bits per heavy atom. The van der Waals surface area contributed by atoms with Crippen LogP contribution in [0.25, 0.3) is 10.2 Å². The summed E-state index contributed by atoms with van der Waals surface area (Å²) in [5, 5.41) is 2.24. The number of hydrogen-bond donors (Lipinski definition) is 1. The highest BCUT2D eigenvalue weighted by Crippen LogP contribution is 2.27. The van der Waals surface area contributed by atoms with E-state index in [4.69, 9.17) is 11.6 Å². The average molecular weight is 259 g/mol. The molecular formula is C10H8ClFN2OS. The number of nitrogens with one attached hydrogen (secondary N) is 1. The van der Waals surface area contributed by atoms with Gasteiger partial charge in [-0.15, -0.1) is 11.6 Å². The first kappa shape index (κ1) is 11.3. The van der Waals surface area contributed by atoms with Gasteiger partial charge in [0.1, 0.15) is 16.7 Å². The summed E-state index contributed by atoms with van der Waals surface area (Å²) in [6, 6.07) is 4.68. The predicted octanol–water partition coefficient (Wildman–Crippen LogP) is 3.00. The highest BCUT2D eigenvalue weighted by Gasteiger charge is 2.13. The molecule has 3 nitrogen and oxygen atoms in total. The van der Waals surface area contributed by atoms with Crippen LogP contribution in [0.5, 0.6) is 0 Å². The van der Waals surface area contributed by atoms with Crippen LogP contribution in [0, 0.1) is 5.82 Å². The van der Waals surface area contributed by atoms with Gasteiger partial charge in [-0.3, -0.25) is 4.79 Å². The summed E-state index contributed by atoms with van der Waals surface area (Å²) in [6.45, 7) is 1.56. The van der Waals surface area contributed by atoms with Gasteiger partial charge in [0, 0.05) is 0 Å². The normalized spacial score (nSPS) is 12.7. The number of hydrogen-bond acceptors (Lipinski definition) is 3. The van der Waals surface area contributed by atoms with E-state index in [0.29, 0.717) is 9.83 Å². The van der Waals surface area contributed by atoms with E-state index in [-0.39, 0.29) is 11.4 Å². The van der Waals surface area contributed by atoms with E-state index in [2.05, 4.69) is 10.3 Å². The maximum atomic E-state index is 13.3. The van der Waals surface area contributed by atoms with Crippen LogP contribution in [0.2, 0.25) is 0 Å². The minimum absolute atomic E-state index is 0.269. The molecule has 16 heavy (non-hydrogen) atoms. The lowest BCUT2D eigenvalue weighted by molar-refractivity contribution is -0.115. The van der Waals surface area contributed by atoms with Gasteiger partial charge in [0.05, 0.1) is 4.70 Å². The molecule has 2 aromatic rings. The SMILES string of the molecule is C[C@@H](Cl)C(=O)Nc1nc2c(F)cccc2s1. The number of fused-ring (bicyclic) bond motifs is 1. The number of carbonyl (C=O) groups is 1. The van der Waals surface area contributed by atoms with Crippen LogP contribution in [-0.4, -0.2) is 16.3 Å². The number of para-hydroxylation sites is 1. The summed E-state index contributed by atoms with van der Waals surface area (Å²) in [4.78, 5) is 15.3. The molecule has 2 rings (SSSR count). The molecule has 1 aromatic carbocycles.